The lowest BCUT2D eigenvalue weighted by Crippen LogP contribution is -2.54. The number of benzene rings is 1. The standard InChI is InChI=1S/C21H25FN6O3/c1-30-14-3-2-13(16(22)9-14)8-19-26-20(27-31-19)15-11-24-28-17(10-18(29)25-21(15)28)12-4-6-23-7-5-12/h2-3,9-10,12,15,21,23-24H,4-8,11H2,1H3,(H,25,29). The molecule has 0 spiro atoms. The second-order valence-corrected chi connectivity index (χ2v) is 8.07. The van der Waals surface area contributed by atoms with Crippen molar-refractivity contribution in [2.75, 3.05) is 26.7 Å². The minimum atomic E-state index is -0.385. The molecular formula is C21H25FN6O3. The number of methoxy groups -OCH3 is 1. The van der Waals surface area contributed by atoms with E-state index in [1.54, 1.807) is 18.2 Å². The highest BCUT2D eigenvalue weighted by atomic mass is 19.1. The number of aromatic nitrogens is 2. The highest BCUT2D eigenvalue weighted by Crippen LogP contribution is 2.34. The van der Waals surface area contributed by atoms with Crippen molar-refractivity contribution in [3.05, 3.63) is 53.1 Å². The summed E-state index contributed by atoms with van der Waals surface area (Å²) in [5, 5.41) is 12.5. The van der Waals surface area contributed by atoms with Gasteiger partial charge in [0.05, 0.1) is 19.4 Å². The zero-order valence-corrected chi connectivity index (χ0v) is 17.2. The van der Waals surface area contributed by atoms with Crippen molar-refractivity contribution >= 4 is 5.91 Å². The molecule has 9 nitrogen and oxygen atoms in total. The first-order chi connectivity index (χ1) is 15.1. The number of nitrogens with zero attached hydrogens (tertiary/aromatic N) is 3. The van der Waals surface area contributed by atoms with Gasteiger partial charge in [-0.3, -0.25) is 9.80 Å². The molecule has 1 aromatic carbocycles. The number of hydrogen-bond acceptors (Lipinski definition) is 8. The van der Waals surface area contributed by atoms with E-state index in [9.17, 15) is 9.18 Å². The zero-order chi connectivity index (χ0) is 21.4. The maximum Gasteiger partial charge on any atom is 0.247 e. The molecule has 3 aliphatic heterocycles. The van der Waals surface area contributed by atoms with Crippen LogP contribution >= 0.6 is 0 Å². The van der Waals surface area contributed by atoms with Gasteiger partial charge in [-0.2, -0.15) is 4.98 Å². The second-order valence-electron chi connectivity index (χ2n) is 8.07. The molecule has 0 saturated carbocycles. The van der Waals surface area contributed by atoms with Crippen LogP contribution in [0, 0.1) is 11.7 Å². The lowest BCUT2D eigenvalue weighted by Gasteiger charge is -2.38. The van der Waals surface area contributed by atoms with Gasteiger partial charge in [0.1, 0.15) is 17.7 Å². The number of halogens is 1. The van der Waals surface area contributed by atoms with Crippen LogP contribution in [0.1, 0.15) is 36.0 Å². The van der Waals surface area contributed by atoms with Crippen LogP contribution in [-0.2, 0) is 11.2 Å². The minimum Gasteiger partial charge on any atom is -0.497 e. The van der Waals surface area contributed by atoms with Gasteiger partial charge in [-0.05, 0) is 37.6 Å². The van der Waals surface area contributed by atoms with Gasteiger partial charge in [0.15, 0.2) is 5.82 Å². The number of piperidine rings is 1. The normalized spacial score (nSPS) is 24.0. The number of amides is 1. The lowest BCUT2D eigenvalue weighted by atomic mass is 9.92. The first-order valence-corrected chi connectivity index (χ1v) is 10.5. The second kappa shape index (κ2) is 8.27. The van der Waals surface area contributed by atoms with Gasteiger partial charge in [0, 0.05) is 30.3 Å². The first-order valence-electron chi connectivity index (χ1n) is 10.5. The predicted octanol–water partition coefficient (Wildman–Crippen LogP) is 1.05. The molecule has 1 aromatic heterocycles. The minimum absolute atomic E-state index is 0.104. The molecule has 31 heavy (non-hydrogen) atoms. The van der Waals surface area contributed by atoms with Gasteiger partial charge in [0.2, 0.25) is 11.8 Å². The van der Waals surface area contributed by atoms with E-state index in [1.807, 2.05) is 5.01 Å². The molecule has 2 atom stereocenters. The van der Waals surface area contributed by atoms with Crippen molar-refractivity contribution in [1.82, 2.24) is 31.2 Å². The number of allylic oxidation sites excluding steroid dienone is 1. The fourth-order valence-corrected chi connectivity index (χ4v) is 4.51. The van der Waals surface area contributed by atoms with Crippen LogP contribution in [0.15, 0.2) is 34.5 Å². The topological polar surface area (TPSA) is 105 Å². The molecule has 2 unspecified atom stereocenters. The summed E-state index contributed by atoms with van der Waals surface area (Å²) in [6.45, 7) is 2.46. The molecule has 3 aliphatic rings. The molecule has 0 radical (unpaired) electrons. The fraction of sp³-hybridized carbons (Fsp3) is 0.476. The van der Waals surface area contributed by atoms with E-state index in [4.69, 9.17) is 9.26 Å². The van der Waals surface area contributed by atoms with E-state index in [1.165, 1.54) is 13.2 Å². The number of ether oxygens (including phenoxy) is 1. The van der Waals surface area contributed by atoms with E-state index in [0.717, 1.165) is 31.6 Å². The van der Waals surface area contributed by atoms with Crippen molar-refractivity contribution in [2.45, 2.75) is 31.3 Å². The van der Waals surface area contributed by atoms with Gasteiger partial charge in [-0.15, -0.1) is 0 Å². The largest absolute Gasteiger partial charge is 0.497 e. The van der Waals surface area contributed by atoms with Crippen LogP contribution in [0.3, 0.4) is 0 Å². The number of rotatable bonds is 5. The smallest absolute Gasteiger partial charge is 0.247 e. The van der Waals surface area contributed by atoms with E-state index < -0.39 is 0 Å². The molecule has 4 heterocycles. The number of hydrazine groups is 1. The Kier molecular flexibility index (Phi) is 5.33. The van der Waals surface area contributed by atoms with Crippen LogP contribution in [-0.4, -0.2) is 54.0 Å². The lowest BCUT2D eigenvalue weighted by molar-refractivity contribution is -0.119. The third kappa shape index (κ3) is 3.88. The molecule has 1 amide bonds. The summed E-state index contributed by atoms with van der Waals surface area (Å²) in [6.07, 6.45) is 3.58. The highest BCUT2D eigenvalue weighted by Gasteiger charge is 2.43. The van der Waals surface area contributed by atoms with Crippen LogP contribution in [0.4, 0.5) is 4.39 Å². The van der Waals surface area contributed by atoms with Crippen molar-refractivity contribution in [3.8, 4) is 5.75 Å². The summed E-state index contributed by atoms with van der Waals surface area (Å²) >= 11 is 0. The molecule has 0 aliphatic carbocycles. The SMILES string of the molecule is COc1ccc(Cc2nc(C3CNN4C(C5CCNCC5)=CC(=O)NC34)no2)c(F)c1. The molecule has 2 fully saturated rings. The molecule has 3 N–H and O–H groups in total. The molecule has 2 aromatic rings. The third-order valence-corrected chi connectivity index (χ3v) is 6.16. The zero-order valence-electron chi connectivity index (χ0n) is 17.2. The quantitative estimate of drug-likeness (QED) is 0.649. The summed E-state index contributed by atoms with van der Waals surface area (Å²) in [6, 6.07) is 4.67. The Labute approximate surface area is 179 Å². The number of nitrogens with one attached hydrogen (secondary N) is 3. The Morgan fingerprint density at radius 2 is 2.16 bits per heavy atom. The Hall–Kier alpha value is -2.98. The van der Waals surface area contributed by atoms with E-state index in [2.05, 4.69) is 26.2 Å². The summed E-state index contributed by atoms with van der Waals surface area (Å²) in [5.41, 5.74) is 4.85. The van der Waals surface area contributed by atoms with E-state index in [0.29, 0.717) is 35.5 Å². The average Bonchev–Trinajstić information content (AvgIpc) is 3.42. The molecular weight excluding hydrogens is 403 g/mol. The maximum atomic E-state index is 14.3. The molecule has 5 rings (SSSR count). The van der Waals surface area contributed by atoms with Crippen LogP contribution in [0.5, 0.6) is 5.75 Å². The number of fused-ring (bicyclic) bond motifs is 1. The van der Waals surface area contributed by atoms with Crippen LogP contribution < -0.4 is 20.8 Å². The van der Waals surface area contributed by atoms with Gasteiger partial charge >= 0.3 is 0 Å². The van der Waals surface area contributed by atoms with Crippen molar-refractivity contribution in [3.63, 3.8) is 0 Å². The summed E-state index contributed by atoms with van der Waals surface area (Å²) in [7, 11) is 1.49. The first kappa shape index (κ1) is 20.0. The van der Waals surface area contributed by atoms with Crippen molar-refractivity contribution in [1.29, 1.82) is 0 Å². The molecule has 164 valence electrons. The third-order valence-electron chi connectivity index (χ3n) is 6.16. The fourth-order valence-electron chi connectivity index (χ4n) is 4.51. The highest BCUT2D eigenvalue weighted by molar-refractivity contribution is 5.89. The summed E-state index contributed by atoms with van der Waals surface area (Å²) in [4.78, 5) is 16.9. The van der Waals surface area contributed by atoms with Gasteiger partial charge in [-0.1, -0.05) is 11.2 Å². The Morgan fingerprint density at radius 1 is 1.32 bits per heavy atom. The Balaban J connectivity index is 1.32. The number of hydrogen-bond donors (Lipinski definition) is 3. The number of carbonyl (C=O) groups is 1. The summed E-state index contributed by atoms with van der Waals surface area (Å²) in [5.74, 6) is 0.948. The van der Waals surface area contributed by atoms with Gasteiger partial charge in [-0.25, -0.2) is 9.82 Å². The van der Waals surface area contributed by atoms with E-state index >= 15 is 0 Å². The van der Waals surface area contributed by atoms with E-state index in [-0.39, 0.29) is 30.2 Å². The van der Waals surface area contributed by atoms with Crippen molar-refractivity contribution in [2.24, 2.45) is 5.92 Å². The van der Waals surface area contributed by atoms with Gasteiger partial charge < -0.3 is 19.9 Å². The molecule has 0 bridgehead atoms. The summed E-state index contributed by atoms with van der Waals surface area (Å²) < 4.78 is 24.7. The Bertz CT molecular complexity index is 1000. The van der Waals surface area contributed by atoms with Crippen LogP contribution in [0.2, 0.25) is 0 Å². The van der Waals surface area contributed by atoms with Crippen molar-refractivity contribution < 1.29 is 18.4 Å². The molecule has 2 saturated heterocycles. The average molecular weight is 428 g/mol. The van der Waals surface area contributed by atoms with Gasteiger partial charge in [0.25, 0.3) is 0 Å². The number of carbonyl (C=O) groups excluding carboxylic acids is 1. The maximum absolute atomic E-state index is 14.3. The van der Waals surface area contributed by atoms with Crippen LogP contribution in [0.25, 0.3) is 0 Å². The predicted molar refractivity (Wildman–Crippen MR) is 108 cm³/mol. The Morgan fingerprint density at radius 3 is 2.94 bits per heavy atom. The molecule has 10 heteroatoms. The monoisotopic (exact) mass is 428 g/mol.